The van der Waals surface area contributed by atoms with Crippen molar-refractivity contribution in [2.45, 2.75) is 13.0 Å². The van der Waals surface area contributed by atoms with Gasteiger partial charge in [0.15, 0.2) is 5.78 Å². The number of nitrogens with one attached hydrogen (secondary N) is 1. The second-order valence-corrected chi connectivity index (χ2v) is 5.01. The number of nitrogens with zero attached hydrogens (tertiary/aromatic N) is 1. The number of carbonyl (C=O) groups is 2. The van der Waals surface area contributed by atoms with E-state index in [1.165, 1.54) is 0 Å². The van der Waals surface area contributed by atoms with Gasteiger partial charge in [-0.05, 0) is 25.1 Å². The average molecular weight is 322 g/mol. The molecular formula is C16H20ClN3O2. The third-order valence-electron chi connectivity index (χ3n) is 3.58. The lowest BCUT2D eigenvalue weighted by atomic mass is 10.0. The summed E-state index contributed by atoms with van der Waals surface area (Å²) >= 11 is 0. The van der Waals surface area contributed by atoms with Gasteiger partial charge in [-0.1, -0.05) is 12.1 Å². The van der Waals surface area contributed by atoms with Crippen molar-refractivity contribution in [3.05, 3.63) is 59.4 Å². The number of nitrogens with two attached hydrogens (primary N) is 1. The van der Waals surface area contributed by atoms with Gasteiger partial charge in [0.05, 0.1) is 0 Å². The maximum atomic E-state index is 12.2. The van der Waals surface area contributed by atoms with Gasteiger partial charge in [-0.25, -0.2) is 0 Å². The molecule has 22 heavy (non-hydrogen) atoms. The number of hydrogen-bond donors (Lipinski definition) is 2. The van der Waals surface area contributed by atoms with Gasteiger partial charge in [0.2, 0.25) is 0 Å². The first-order valence-corrected chi connectivity index (χ1v) is 6.79. The van der Waals surface area contributed by atoms with Gasteiger partial charge >= 0.3 is 0 Å². The van der Waals surface area contributed by atoms with Crippen molar-refractivity contribution in [1.82, 2.24) is 9.88 Å². The molecule has 6 heteroatoms. The van der Waals surface area contributed by atoms with E-state index in [9.17, 15) is 9.59 Å². The number of aromatic nitrogens is 1. The number of H-pyrrole nitrogens is 1. The summed E-state index contributed by atoms with van der Waals surface area (Å²) in [4.78, 5) is 28.8. The molecule has 0 fully saturated rings. The number of ketones is 1. The predicted octanol–water partition coefficient (Wildman–Crippen LogP) is 2.09. The number of benzene rings is 1. The van der Waals surface area contributed by atoms with Crippen LogP contribution in [0.3, 0.4) is 0 Å². The lowest BCUT2D eigenvalue weighted by molar-refractivity contribution is 0.0748. The zero-order chi connectivity index (χ0) is 15.4. The first kappa shape index (κ1) is 17.9. The van der Waals surface area contributed by atoms with Crippen molar-refractivity contribution in [3.8, 4) is 0 Å². The molecule has 0 aliphatic heterocycles. The first-order chi connectivity index (χ1) is 10.0. The Morgan fingerprint density at radius 1 is 1.14 bits per heavy atom. The SMILES string of the molecule is CC(CN)N(C)C(=O)c1ccc(C(=O)c2cc[nH]c2)cc1.Cl. The van der Waals surface area contributed by atoms with Crippen LogP contribution in [0.15, 0.2) is 42.7 Å². The number of halogens is 1. The van der Waals surface area contributed by atoms with Gasteiger partial charge in [-0.15, -0.1) is 12.4 Å². The minimum Gasteiger partial charge on any atom is -0.367 e. The van der Waals surface area contributed by atoms with E-state index in [2.05, 4.69) is 4.98 Å². The van der Waals surface area contributed by atoms with Gasteiger partial charge in [0.1, 0.15) is 0 Å². The second kappa shape index (κ2) is 7.77. The standard InChI is InChI=1S/C16H19N3O2.ClH/c1-11(9-17)19(2)16(21)13-5-3-12(4-6-13)15(20)14-7-8-18-10-14;/h3-8,10-11,18H,9,17H2,1-2H3;1H. The van der Waals surface area contributed by atoms with Crippen molar-refractivity contribution in [3.63, 3.8) is 0 Å². The van der Waals surface area contributed by atoms with Crippen LogP contribution in [0.4, 0.5) is 0 Å². The van der Waals surface area contributed by atoms with E-state index in [-0.39, 0.29) is 30.1 Å². The van der Waals surface area contributed by atoms with E-state index < -0.39 is 0 Å². The monoisotopic (exact) mass is 321 g/mol. The summed E-state index contributed by atoms with van der Waals surface area (Å²) in [6.07, 6.45) is 3.35. The van der Waals surface area contributed by atoms with Crippen molar-refractivity contribution in [2.24, 2.45) is 5.73 Å². The topological polar surface area (TPSA) is 79.2 Å². The van der Waals surface area contributed by atoms with E-state index in [4.69, 9.17) is 5.73 Å². The minimum atomic E-state index is -0.103. The third-order valence-corrected chi connectivity index (χ3v) is 3.58. The van der Waals surface area contributed by atoms with Crippen LogP contribution < -0.4 is 5.73 Å². The van der Waals surface area contributed by atoms with E-state index in [0.717, 1.165) is 0 Å². The molecule has 2 rings (SSSR count). The average Bonchev–Trinajstić information content (AvgIpc) is 3.06. The summed E-state index contributed by atoms with van der Waals surface area (Å²) in [7, 11) is 1.72. The molecule has 1 aromatic carbocycles. The first-order valence-electron chi connectivity index (χ1n) is 6.79. The number of amides is 1. The fourth-order valence-electron chi connectivity index (χ4n) is 1.96. The highest BCUT2D eigenvalue weighted by Gasteiger charge is 2.17. The maximum Gasteiger partial charge on any atom is 0.253 e. The summed E-state index contributed by atoms with van der Waals surface area (Å²) in [5.74, 6) is -0.174. The summed E-state index contributed by atoms with van der Waals surface area (Å²) < 4.78 is 0. The highest BCUT2D eigenvalue weighted by molar-refractivity contribution is 6.09. The number of likely N-dealkylation sites (N-methyl/N-ethyl adjacent to an activating group) is 1. The summed E-state index contributed by atoms with van der Waals surface area (Å²) in [5.41, 5.74) is 7.27. The minimum absolute atomic E-state index is 0. The van der Waals surface area contributed by atoms with E-state index >= 15 is 0 Å². The summed E-state index contributed by atoms with van der Waals surface area (Å²) in [6, 6.07) is 8.37. The molecular weight excluding hydrogens is 302 g/mol. The van der Waals surface area contributed by atoms with Crippen molar-refractivity contribution in [1.29, 1.82) is 0 Å². The number of carbonyl (C=O) groups excluding carboxylic acids is 2. The molecule has 0 saturated carbocycles. The van der Waals surface area contributed by atoms with Crippen LogP contribution in [0.25, 0.3) is 0 Å². The van der Waals surface area contributed by atoms with Gasteiger partial charge in [-0.2, -0.15) is 0 Å². The van der Waals surface area contributed by atoms with Crippen LogP contribution in [0.5, 0.6) is 0 Å². The van der Waals surface area contributed by atoms with Crippen LogP contribution in [0.2, 0.25) is 0 Å². The summed E-state index contributed by atoms with van der Waals surface area (Å²) in [5, 5.41) is 0. The Morgan fingerprint density at radius 2 is 1.73 bits per heavy atom. The Bertz CT molecular complexity index is 623. The largest absolute Gasteiger partial charge is 0.367 e. The van der Waals surface area contributed by atoms with Crippen molar-refractivity contribution in [2.75, 3.05) is 13.6 Å². The molecule has 1 unspecified atom stereocenters. The van der Waals surface area contributed by atoms with Crippen molar-refractivity contribution >= 4 is 24.1 Å². The fourth-order valence-corrected chi connectivity index (χ4v) is 1.96. The number of rotatable bonds is 5. The lowest BCUT2D eigenvalue weighted by Gasteiger charge is -2.23. The Hall–Kier alpha value is -2.11. The molecule has 1 aromatic heterocycles. The van der Waals surface area contributed by atoms with Crippen LogP contribution in [0, 0.1) is 0 Å². The van der Waals surface area contributed by atoms with Gasteiger partial charge in [-0.3, -0.25) is 9.59 Å². The quantitative estimate of drug-likeness (QED) is 0.828. The van der Waals surface area contributed by atoms with Crippen LogP contribution in [-0.4, -0.2) is 41.2 Å². The molecule has 3 N–H and O–H groups in total. The maximum absolute atomic E-state index is 12.2. The normalized spacial score (nSPS) is 11.4. The zero-order valence-corrected chi connectivity index (χ0v) is 13.4. The molecule has 0 radical (unpaired) electrons. The second-order valence-electron chi connectivity index (χ2n) is 5.01. The zero-order valence-electron chi connectivity index (χ0n) is 12.6. The highest BCUT2D eigenvalue weighted by atomic mass is 35.5. The Labute approximate surface area is 135 Å². The molecule has 118 valence electrons. The lowest BCUT2D eigenvalue weighted by Crippen LogP contribution is -2.39. The number of aromatic amines is 1. The molecule has 0 bridgehead atoms. The summed E-state index contributed by atoms with van der Waals surface area (Å²) in [6.45, 7) is 2.30. The molecule has 0 aliphatic rings. The molecule has 0 aliphatic carbocycles. The molecule has 1 atom stereocenters. The third kappa shape index (κ3) is 3.75. The van der Waals surface area contributed by atoms with E-state index in [1.54, 1.807) is 54.7 Å². The van der Waals surface area contributed by atoms with Gasteiger partial charge in [0.25, 0.3) is 5.91 Å². The smallest absolute Gasteiger partial charge is 0.253 e. The van der Waals surface area contributed by atoms with Crippen LogP contribution in [0.1, 0.15) is 33.2 Å². The molecule has 2 aromatic rings. The molecule has 1 amide bonds. The van der Waals surface area contributed by atoms with E-state index in [1.807, 2.05) is 6.92 Å². The van der Waals surface area contributed by atoms with Crippen LogP contribution >= 0.6 is 12.4 Å². The van der Waals surface area contributed by atoms with Gasteiger partial charge in [0, 0.05) is 48.7 Å². The van der Waals surface area contributed by atoms with E-state index in [0.29, 0.717) is 23.2 Å². The Balaban J connectivity index is 0.00000242. The van der Waals surface area contributed by atoms with Gasteiger partial charge < -0.3 is 15.6 Å². The Kier molecular flexibility index (Phi) is 6.34. The highest BCUT2D eigenvalue weighted by Crippen LogP contribution is 2.12. The molecule has 0 spiro atoms. The molecule has 5 nitrogen and oxygen atoms in total. The fraction of sp³-hybridized carbons (Fsp3) is 0.250. The van der Waals surface area contributed by atoms with Crippen LogP contribution in [-0.2, 0) is 0 Å². The number of hydrogen-bond acceptors (Lipinski definition) is 3. The Morgan fingerprint density at radius 3 is 2.23 bits per heavy atom. The molecule has 0 saturated heterocycles. The van der Waals surface area contributed by atoms with Crippen molar-refractivity contribution < 1.29 is 9.59 Å². The molecule has 1 heterocycles. The predicted molar refractivity (Wildman–Crippen MR) is 88.5 cm³/mol.